The number of hydrogen-bond donors (Lipinski definition) is 0. The van der Waals surface area contributed by atoms with Crippen LogP contribution >= 0.6 is 0 Å². The van der Waals surface area contributed by atoms with Crippen LogP contribution in [0.4, 0.5) is 4.39 Å². The van der Waals surface area contributed by atoms with Crippen molar-refractivity contribution in [3.05, 3.63) is 71.7 Å². The van der Waals surface area contributed by atoms with E-state index < -0.39 is 0 Å². The van der Waals surface area contributed by atoms with Crippen LogP contribution in [0.5, 0.6) is 0 Å². The first-order valence-corrected chi connectivity index (χ1v) is 7.27. The van der Waals surface area contributed by atoms with E-state index in [2.05, 4.69) is 49.6 Å². The van der Waals surface area contributed by atoms with E-state index in [1.54, 1.807) is 6.07 Å². The van der Waals surface area contributed by atoms with Crippen molar-refractivity contribution in [2.24, 2.45) is 0 Å². The molecule has 0 radical (unpaired) electrons. The van der Waals surface area contributed by atoms with E-state index in [4.69, 9.17) is 0 Å². The molecule has 0 atom stereocenters. The maximum Gasteiger partial charge on any atom is 0.123 e. The van der Waals surface area contributed by atoms with Gasteiger partial charge in [0.1, 0.15) is 5.82 Å². The summed E-state index contributed by atoms with van der Waals surface area (Å²) in [4.78, 5) is 0. The number of rotatable bonds is 2. The van der Waals surface area contributed by atoms with Crippen LogP contribution in [0.2, 0.25) is 0 Å². The fraction of sp³-hybridized carbons (Fsp3) is 0.263. The highest BCUT2D eigenvalue weighted by Crippen LogP contribution is 2.23. The van der Waals surface area contributed by atoms with Crippen molar-refractivity contribution in [2.75, 3.05) is 0 Å². The van der Waals surface area contributed by atoms with Gasteiger partial charge in [-0.3, -0.25) is 0 Å². The van der Waals surface area contributed by atoms with Gasteiger partial charge in [-0.2, -0.15) is 0 Å². The Bertz CT molecular complexity index is 760. The van der Waals surface area contributed by atoms with Gasteiger partial charge in [-0.1, -0.05) is 45.0 Å². The lowest BCUT2D eigenvalue weighted by Gasteiger charge is -2.19. The molecule has 1 heterocycles. The largest absolute Gasteiger partial charge is 0.343 e. The summed E-state index contributed by atoms with van der Waals surface area (Å²) in [6.07, 6.45) is 2.02. The molecule has 0 saturated heterocycles. The molecular formula is C19H20FN. The van der Waals surface area contributed by atoms with Gasteiger partial charge < -0.3 is 4.57 Å². The third-order valence-corrected chi connectivity index (χ3v) is 3.91. The topological polar surface area (TPSA) is 4.93 Å². The lowest BCUT2D eigenvalue weighted by molar-refractivity contribution is 0.590. The highest BCUT2D eigenvalue weighted by Gasteiger charge is 2.13. The number of halogens is 1. The van der Waals surface area contributed by atoms with Gasteiger partial charge in [0.15, 0.2) is 0 Å². The minimum atomic E-state index is -0.185. The summed E-state index contributed by atoms with van der Waals surface area (Å²) in [5, 5.41) is 0.946. The van der Waals surface area contributed by atoms with E-state index >= 15 is 0 Å². The summed E-state index contributed by atoms with van der Waals surface area (Å²) in [5.74, 6) is -0.185. The number of fused-ring (bicyclic) bond motifs is 1. The van der Waals surface area contributed by atoms with E-state index in [1.165, 1.54) is 17.2 Å². The maximum absolute atomic E-state index is 13.2. The van der Waals surface area contributed by atoms with Crippen LogP contribution in [-0.4, -0.2) is 4.57 Å². The molecule has 0 bridgehead atoms. The molecule has 0 aliphatic rings. The van der Waals surface area contributed by atoms with Crippen LogP contribution in [-0.2, 0) is 12.0 Å². The highest BCUT2D eigenvalue weighted by molar-refractivity contribution is 5.80. The van der Waals surface area contributed by atoms with Gasteiger partial charge in [-0.25, -0.2) is 4.39 Å². The van der Waals surface area contributed by atoms with Crippen LogP contribution in [0.3, 0.4) is 0 Å². The fourth-order valence-corrected chi connectivity index (χ4v) is 2.62. The molecular weight excluding hydrogens is 261 g/mol. The van der Waals surface area contributed by atoms with Crippen LogP contribution in [0.1, 0.15) is 31.9 Å². The second-order valence-corrected chi connectivity index (χ2v) is 6.59. The van der Waals surface area contributed by atoms with Crippen LogP contribution in [0.15, 0.2) is 54.7 Å². The van der Waals surface area contributed by atoms with Gasteiger partial charge in [0.05, 0.1) is 0 Å². The van der Waals surface area contributed by atoms with E-state index in [1.807, 2.05) is 18.3 Å². The summed E-state index contributed by atoms with van der Waals surface area (Å²) in [7, 11) is 0. The molecule has 1 aromatic heterocycles. The van der Waals surface area contributed by atoms with E-state index in [0.717, 1.165) is 17.4 Å². The molecule has 2 aromatic carbocycles. The smallest absolute Gasteiger partial charge is 0.123 e. The quantitative estimate of drug-likeness (QED) is 0.614. The summed E-state index contributed by atoms with van der Waals surface area (Å²) in [6.45, 7) is 7.46. The van der Waals surface area contributed by atoms with Crippen molar-refractivity contribution in [1.82, 2.24) is 4.57 Å². The third kappa shape index (κ3) is 2.85. The number of nitrogens with zero attached hydrogens (tertiary/aromatic N) is 1. The molecule has 0 aliphatic carbocycles. The molecule has 3 aromatic rings. The Labute approximate surface area is 125 Å². The first-order valence-electron chi connectivity index (χ1n) is 7.27. The van der Waals surface area contributed by atoms with Crippen LogP contribution in [0.25, 0.3) is 10.9 Å². The van der Waals surface area contributed by atoms with Gasteiger partial charge >= 0.3 is 0 Å². The molecule has 0 aliphatic heterocycles. The number of hydrogen-bond acceptors (Lipinski definition) is 0. The van der Waals surface area contributed by atoms with Gasteiger partial charge in [-0.15, -0.1) is 0 Å². The molecule has 3 rings (SSSR count). The first-order chi connectivity index (χ1) is 9.93. The molecule has 0 amide bonds. The average molecular weight is 281 g/mol. The minimum absolute atomic E-state index is 0.177. The van der Waals surface area contributed by atoms with Gasteiger partial charge in [0.25, 0.3) is 0 Å². The fourth-order valence-electron chi connectivity index (χ4n) is 2.62. The summed E-state index contributed by atoms with van der Waals surface area (Å²) in [6, 6.07) is 15.6. The van der Waals surface area contributed by atoms with Crippen molar-refractivity contribution in [1.29, 1.82) is 0 Å². The predicted molar refractivity (Wildman–Crippen MR) is 86.1 cm³/mol. The van der Waals surface area contributed by atoms with Crippen LogP contribution in [0, 0.1) is 5.82 Å². The van der Waals surface area contributed by atoms with Crippen molar-refractivity contribution >= 4 is 10.9 Å². The van der Waals surface area contributed by atoms with E-state index in [0.29, 0.717) is 0 Å². The monoisotopic (exact) mass is 281 g/mol. The second kappa shape index (κ2) is 5.03. The molecule has 0 N–H and O–H groups in total. The van der Waals surface area contributed by atoms with Crippen molar-refractivity contribution in [3.63, 3.8) is 0 Å². The van der Waals surface area contributed by atoms with Gasteiger partial charge in [0.2, 0.25) is 0 Å². The van der Waals surface area contributed by atoms with E-state index in [-0.39, 0.29) is 11.2 Å². The third-order valence-electron chi connectivity index (χ3n) is 3.91. The second-order valence-electron chi connectivity index (χ2n) is 6.59. The first kappa shape index (κ1) is 13.9. The van der Waals surface area contributed by atoms with Crippen molar-refractivity contribution in [3.8, 4) is 0 Å². The van der Waals surface area contributed by atoms with E-state index in [9.17, 15) is 4.39 Å². The molecule has 0 saturated carbocycles. The lowest BCUT2D eigenvalue weighted by Crippen LogP contribution is -2.10. The highest BCUT2D eigenvalue weighted by atomic mass is 19.1. The Morgan fingerprint density at radius 3 is 2.33 bits per heavy atom. The molecule has 21 heavy (non-hydrogen) atoms. The summed E-state index contributed by atoms with van der Waals surface area (Å²) >= 11 is 0. The number of aromatic nitrogens is 1. The zero-order valence-electron chi connectivity index (χ0n) is 12.7. The SMILES string of the molecule is CC(C)(C)c1ccc(Cn2ccc3cc(F)ccc32)cc1. The Kier molecular flexibility index (Phi) is 3.32. The zero-order chi connectivity index (χ0) is 15.0. The van der Waals surface area contributed by atoms with Gasteiger partial charge in [-0.05, 0) is 40.8 Å². The lowest BCUT2D eigenvalue weighted by atomic mass is 9.87. The average Bonchev–Trinajstić information content (AvgIpc) is 2.80. The van der Waals surface area contributed by atoms with Crippen LogP contribution < -0.4 is 0 Å². The molecule has 108 valence electrons. The predicted octanol–water partition coefficient (Wildman–Crippen LogP) is 5.13. The van der Waals surface area contributed by atoms with Crippen molar-refractivity contribution in [2.45, 2.75) is 32.7 Å². The Morgan fingerprint density at radius 1 is 0.952 bits per heavy atom. The Balaban J connectivity index is 1.88. The number of benzene rings is 2. The minimum Gasteiger partial charge on any atom is -0.343 e. The Morgan fingerprint density at radius 2 is 1.67 bits per heavy atom. The Hall–Kier alpha value is -2.09. The molecule has 0 spiro atoms. The normalized spacial score (nSPS) is 12.0. The zero-order valence-corrected chi connectivity index (χ0v) is 12.7. The summed E-state index contributed by atoms with van der Waals surface area (Å²) in [5.41, 5.74) is 3.84. The van der Waals surface area contributed by atoms with Crippen molar-refractivity contribution < 1.29 is 4.39 Å². The van der Waals surface area contributed by atoms with Gasteiger partial charge in [0, 0.05) is 23.6 Å². The molecule has 0 fully saturated rings. The molecule has 2 heteroatoms. The molecule has 1 nitrogen and oxygen atoms in total. The standard InChI is InChI=1S/C19H20FN/c1-19(2,3)16-6-4-14(5-7-16)13-21-11-10-15-12-17(20)8-9-18(15)21/h4-12H,13H2,1-3H3. The molecule has 0 unspecified atom stereocenters. The maximum atomic E-state index is 13.2. The summed E-state index contributed by atoms with van der Waals surface area (Å²) < 4.78 is 15.4.